The van der Waals surface area contributed by atoms with Gasteiger partial charge in [0, 0.05) is 6.92 Å². The SMILES string of the molecule is CC(=O)C1=NCC(COC(=O)c2ccccc2O)N1. The van der Waals surface area contributed by atoms with Gasteiger partial charge in [-0.05, 0) is 12.1 Å². The van der Waals surface area contributed by atoms with E-state index >= 15 is 0 Å². The maximum Gasteiger partial charge on any atom is 0.341 e. The molecule has 0 fully saturated rings. The lowest BCUT2D eigenvalue weighted by atomic mass is 10.2. The second-order valence-electron chi connectivity index (χ2n) is 4.20. The summed E-state index contributed by atoms with van der Waals surface area (Å²) >= 11 is 0. The zero-order valence-corrected chi connectivity index (χ0v) is 10.4. The number of nitrogens with one attached hydrogen (secondary N) is 1. The van der Waals surface area contributed by atoms with Crippen molar-refractivity contribution >= 4 is 17.6 Å². The zero-order chi connectivity index (χ0) is 13.8. The summed E-state index contributed by atoms with van der Waals surface area (Å²) in [6.45, 7) is 1.90. The maximum atomic E-state index is 11.7. The third-order valence-corrected chi connectivity index (χ3v) is 2.68. The average Bonchev–Trinajstić information content (AvgIpc) is 2.85. The number of rotatable bonds is 4. The second kappa shape index (κ2) is 5.51. The molecular formula is C13H14N2O4. The van der Waals surface area contributed by atoms with Gasteiger partial charge in [-0.25, -0.2) is 4.79 Å². The smallest absolute Gasteiger partial charge is 0.341 e. The topological polar surface area (TPSA) is 88.0 Å². The van der Waals surface area contributed by atoms with Gasteiger partial charge in [0.05, 0.1) is 12.6 Å². The van der Waals surface area contributed by atoms with Crippen molar-refractivity contribution in [2.24, 2.45) is 4.99 Å². The van der Waals surface area contributed by atoms with Crippen LogP contribution < -0.4 is 5.32 Å². The Morgan fingerprint density at radius 2 is 2.21 bits per heavy atom. The van der Waals surface area contributed by atoms with E-state index in [1.54, 1.807) is 12.1 Å². The van der Waals surface area contributed by atoms with E-state index in [0.717, 1.165) is 0 Å². The first-order valence-corrected chi connectivity index (χ1v) is 5.85. The minimum atomic E-state index is -0.601. The molecule has 1 aromatic rings. The molecule has 0 bridgehead atoms. The lowest BCUT2D eigenvalue weighted by Crippen LogP contribution is -2.37. The van der Waals surface area contributed by atoms with Crippen LogP contribution in [0.3, 0.4) is 0 Å². The van der Waals surface area contributed by atoms with Crippen LogP contribution in [0.1, 0.15) is 17.3 Å². The van der Waals surface area contributed by atoms with Crippen LogP contribution in [0.4, 0.5) is 0 Å². The minimum Gasteiger partial charge on any atom is -0.507 e. The second-order valence-corrected chi connectivity index (χ2v) is 4.20. The number of hydrogen-bond donors (Lipinski definition) is 2. The van der Waals surface area contributed by atoms with Gasteiger partial charge in [0.2, 0.25) is 0 Å². The number of benzene rings is 1. The van der Waals surface area contributed by atoms with E-state index in [9.17, 15) is 14.7 Å². The molecule has 1 aromatic carbocycles. The minimum absolute atomic E-state index is 0.0907. The summed E-state index contributed by atoms with van der Waals surface area (Å²) in [6, 6.07) is 5.96. The van der Waals surface area contributed by atoms with E-state index in [2.05, 4.69) is 10.3 Å². The summed E-state index contributed by atoms with van der Waals surface area (Å²) in [7, 11) is 0. The number of carbonyl (C=O) groups excluding carboxylic acids is 2. The highest BCUT2D eigenvalue weighted by atomic mass is 16.5. The number of phenolic OH excluding ortho intramolecular Hbond substituents is 1. The molecule has 1 unspecified atom stereocenters. The van der Waals surface area contributed by atoms with Crippen molar-refractivity contribution < 1.29 is 19.4 Å². The lowest BCUT2D eigenvalue weighted by molar-refractivity contribution is -0.111. The number of Topliss-reactive ketones (excluding diaryl/α,β-unsaturated/α-hetero) is 1. The molecule has 0 saturated heterocycles. The van der Waals surface area contributed by atoms with Crippen molar-refractivity contribution in [3.8, 4) is 5.75 Å². The van der Waals surface area contributed by atoms with E-state index < -0.39 is 5.97 Å². The summed E-state index contributed by atoms with van der Waals surface area (Å²) < 4.78 is 5.07. The fourth-order valence-corrected chi connectivity index (χ4v) is 1.69. The molecule has 0 aromatic heterocycles. The van der Waals surface area contributed by atoms with Gasteiger partial charge in [-0.15, -0.1) is 0 Å². The van der Waals surface area contributed by atoms with Crippen LogP contribution in [0.5, 0.6) is 5.75 Å². The van der Waals surface area contributed by atoms with Crippen LogP contribution in [0, 0.1) is 0 Å². The number of para-hydroxylation sites is 1. The quantitative estimate of drug-likeness (QED) is 0.772. The van der Waals surface area contributed by atoms with Gasteiger partial charge >= 0.3 is 5.97 Å². The van der Waals surface area contributed by atoms with Crippen LogP contribution in [-0.2, 0) is 9.53 Å². The first-order chi connectivity index (χ1) is 9.08. The molecule has 1 heterocycles. The van der Waals surface area contributed by atoms with Crippen molar-refractivity contribution in [1.29, 1.82) is 0 Å². The number of ketones is 1. The molecule has 6 heteroatoms. The van der Waals surface area contributed by atoms with E-state index in [0.29, 0.717) is 12.4 Å². The molecule has 0 aliphatic carbocycles. The summed E-state index contributed by atoms with van der Waals surface area (Å²) in [5, 5.41) is 12.4. The fraction of sp³-hybridized carbons (Fsp3) is 0.308. The third kappa shape index (κ3) is 3.09. The first kappa shape index (κ1) is 13.1. The van der Waals surface area contributed by atoms with Gasteiger partial charge in [-0.1, -0.05) is 12.1 Å². The number of hydrogen-bond acceptors (Lipinski definition) is 6. The van der Waals surface area contributed by atoms with Crippen molar-refractivity contribution in [2.45, 2.75) is 13.0 Å². The predicted octanol–water partition coefficient (Wildman–Crippen LogP) is 0.508. The molecule has 1 atom stereocenters. The molecular weight excluding hydrogens is 248 g/mol. The summed E-state index contributed by atoms with van der Waals surface area (Å²) in [6.07, 6.45) is 0. The molecule has 1 aliphatic rings. The van der Waals surface area contributed by atoms with Gasteiger partial charge in [0.25, 0.3) is 0 Å². The largest absolute Gasteiger partial charge is 0.507 e. The number of amidine groups is 1. The Kier molecular flexibility index (Phi) is 3.79. The van der Waals surface area contributed by atoms with Crippen LogP contribution in [0.2, 0.25) is 0 Å². The van der Waals surface area contributed by atoms with Gasteiger partial charge in [0.1, 0.15) is 17.9 Å². The van der Waals surface area contributed by atoms with Gasteiger partial charge in [-0.2, -0.15) is 0 Å². The Labute approximate surface area is 110 Å². The van der Waals surface area contributed by atoms with E-state index in [4.69, 9.17) is 4.74 Å². The number of esters is 1. The summed E-state index contributed by atoms with van der Waals surface area (Å²) in [4.78, 5) is 26.8. The molecule has 2 rings (SSSR count). The van der Waals surface area contributed by atoms with Gasteiger partial charge in [0.15, 0.2) is 11.6 Å². The Morgan fingerprint density at radius 3 is 2.84 bits per heavy atom. The molecule has 6 nitrogen and oxygen atoms in total. The van der Waals surface area contributed by atoms with E-state index in [1.165, 1.54) is 19.1 Å². The van der Waals surface area contributed by atoms with Gasteiger partial charge in [-0.3, -0.25) is 9.79 Å². The third-order valence-electron chi connectivity index (χ3n) is 2.68. The van der Waals surface area contributed by atoms with Crippen LogP contribution in [0.15, 0.2) is 29.3 Å². The number of aromatic hydroxyl groups is 1. The summed E-state index contributed by atoms with van der Waals surface area (Å²) in [5.41, 5.74) is 0.119. The van der Waals surface area contributed by atoms with Crippen LogP contribution in [-0.4, -0.2) is 41.9 Å². The van der Waals surface area contributed by atoms with E-state index in [1.807, 2.05) is 0 Å². The number of carbonyl (C=O) groups is 2. The predicted molar refractivity (Wildman–Crippen MR) is 68.3 cm³/mol. The van der Waals surface area contributed by atoms with E-state index in [-0.39, 0.29) is 29.7 Å². The highest BCUT2D eigenvalue weighted by Crippen LogP contribution is 2.16. The van der Waals surface area contributed by atoms with Crippen LogP contribution in [0.25, 0.3) is 0 Å². The highest BCUT2D eigenvalue weighted by molar-refractivity contribution is 6.38. The average molecular weight is 262 g/mol. The molecule has 0 radical (unpaired) electrons. The molecule has 2 N–H and O–H groups in total. The molecule has 0 spiro atoms. The van der Waals surface area contributed by atoms with Crippen molar-refractivity contribution in [3.05, 3.63) is 29.8 Å². The number of ether oxygens (including phenoxy) is 1. The standard InChI is InChI=1S/C13H14N2O4/c1-8(16)12-14-6-9(15-12)7-19-13(18)10-4-2-3-5-11(10)17/h2-5,9,17H,6-7H2,1H3,(H,14,15). The zero-order valence-electron chi connectivity index (χ0n) is 10.4. The fourth-order valence-electron chi connectivity index (χ4n) is 1.69. The first-order valence-electron chi connectivity index (χ1n) is 5.85. The van der Waals surface area contributed by atoms with Crippen LogP contribution >= 0.6 is 0 Å². The molecule has 19 heavy (non-hydrogen) atoms. The van der Waals surface area contributed by atoms with Gasteiger partial charge < -0.3 is 15.2 Å². The Balaban J connectivity index is 1.86. The van der Waals surface area contributed by atoms with Crippen molar-refractivity contribution in [1.82, 2.24) is 5.32 Å². The number of phenols is 1. The molecule has 1 aliphatic heterocycles. The molecule has 0 saturated carbocycles. The monoisotopic (exact) mass is 262 g/mol. The molecule has 0 amide bonds. The Bertz CT molecular complexity index is 539. The number of aliphatic imine (C=N–C) groups is 1. The highest BCUT2D eigenvalue weighted by Gasteiger charge is 2.22. The maximum absolute atomic E-state index is 11.7. The Hall–Kier alpha value is -2.37. The normalized spacial score (nSPS) is 17.5. The number of nitrogens with zero attached hydrogens (tertiary/aromatic N) is 1. The van der Waals surface area contributed by atoms with Crippen molar-refractivity contribution in [3.63, 3.8) is 0 Å². The Morgan fingerprint density at radius 1 is 1.47 bits per heavy atom. The lowest BCUT2D eigenvalue weighted by Gasteiger charge is -2.12. The summed E-state index contributed by atoms with van der Waals surface area (Å²) in [5.74, 6) is -0.554. The van der Waals surface area contributed by atoms with Crippen molar-refractivity contribution in [2.75, 3.05) is 13.2 Å². The molecule has 100 valence electrons.